The molecular formula is C18H24N4O. The van der Waals surface area contributed by atoms with Gasteiger partial charge in [-0.25, -0.2) is 0 Å². The van der Waals surface area contributed by atoms with Crippen LogP contribution in [0.2, 0.25) is 0 Å². The van der Waals surface area contributed by atoms with Gasteiger partial charge in [0.05, 0.1) is 12.2 Å². The van der Waals surface area contributed by atoms with Crippen molar-refractivity contribution in [2.24, 2.45) is 0 Å². The van der Waals surface area contributed by atoms with E-state index in [-0.39, 0.29) is 5.91 Å². The summed E-state index contributed by atoms with van der Waals surface area (Å²) in [6.07, 6.45) is 1.02. The van der Waals surface area contributed by atoms with Gasteiger partial charge >= 0.3 is 0 Å². The summed E-state index contributed by atoms with van der Waals surface area (Å²) in [5.74, 6) is 0.0916. The zero-order valence-electron chi connectivity index (χ0n) is 14.0. The Hall–Kier alpha value is -2.14. The van der Waals surface area contributed by atoms with Gasteiger partial charge < -0.3 is 10.2 Å². The van der Waals surface area contributed by atoms with E-state index in [1.807, 2.05) is 47.8 Å². The molecule has 3 rings (SSSR count). The van der Waals surface area contributed by atoms with Gasteiger partial charge in [0.25, 0.3) is 5.91 Å². The molecule has 0 radical (unpaired) electrons. The average molecular weight is 312 g/mol. The fourth-order valence-electron chi connectivity index (χ4n) is 3.15. The molecule has 1 N–H and O–H groups in total. The third-order valence-corrected chi connectivity index (χ3v) is 4.51. The third-order valence-electron chi connectivity index (χ3n) is 4.51. The van der Waals surface area contributed by atoms with E-state index in [0.29, 0.717) is 12.6 Å². The summed E-state index contributed by atoms with van der Waals surface area (Å²) in [6.45, 7) is 6.60. The number of rotatable bonds is 4. The van der Waals surface area contributed by atoms with Crippen molar-refractivity contribution in [3.05, 3.63) is 52.8 Å². The molecule has 1 aromatic heterocycles. The van der Waals surface area contributed by atoms with Crippen LogP contribution in [-0.2, 0) is 6.54 Å². The smallest absolute Gasteiger partial charge is 0.253 e. The Bertz CT molecular complexity index is 701. The largest absolute Gasteiger partial charge is 0.337 e. The number of hydrogen-bond acceptors (Lipinski definition) is 3. The van der Waals surface area contributed by atoms with Crippen LogP contribution in [-0.4, -0.2) is 46.8 Å². The van der Waals surface area contributed by atoms with Crippen LogP contribution in [0.25, 0.3) is 0 Å². The minimum absolute atomic E-state index is 0.0916. The first-order chi connectivity index (χ1) is 11.0. The quantitative estimate of drug-likeness (QED) is 0.939. The van der Waals surface area contributed by atoms with Gasteiger partial charge in [-0.15, -0.1) is 0 Å². The van der Waals surface area contributed by atoms with Gasteiger partial charge in [-0.3, -0.25) is 9.48 Å². The summed E-state index contributed by atoms with van der Waals surface area (Å²) >= 11 is 0. The molecule has 5 heteroatoms. The normalized spacial score (nSPS) is 17.4. The molecule has 5 nitrogen and oxygen atoms in total. The van der Waals surface area contributed by atoms with Gasteiger partial charge in [0, 0.05) is 30.9 Å². The van der Waals surface area contributed by atoms with Crippen LogP contribution in [0.1, 0.15) is 33.7 Å². The van der Waals surface area contributed by atoms with Crippen LogP contribution in [0.15, 0.2) is 30.3 Å². The molecule has 0 aliphatic carbocycles. The Morgan fingerprint density at radius 3 is 2.87 bits per heavy atom. The van der Waals surface area contributed by atoms with Crippen molar-refractivity contribution in [1.29, 1.82) is 0 Å². The maximum atomic E-state index is 12.7. The minimum atomic E-state index is 0.0916. The fraction of sp³-hybridized carbons (Fsp3) is 0.444. The van der Waals surface area contributed by atoms with Crippen LogP contribution < -0.4 is 5.32 Å². The third kappa shape index (κ3) is 3.45. The molecule has 122 valence electrons. The van der Waals surface area contributed by atoms with Gasteiger partial charge in [0.15, 0.2) is 0 Å². The first-order valence-corrected chi connectivity index (χ1v) is 8.12. The summed E-state index contributed by atoms with van der Waals surface area (Å²) in [5.41, 5.74) is 4.00. The summed E-state index contributed by atoms with van der Waals surface area (Å²) in [5, 5.41) is 7.80. The molecule has 2 heterocycles. The van der Waals surface area contributed by atoms with Crippen LogP contribution in [0.4, 0.5) is 0 Å². The molecule has 1 aliphatic heterocycles. The van der Waals surface area contributed by atoms with Crippen molar-refractivity contribution in [3.8, 4) is 0 Å². The first kappa shape index (κ1) is 15.7. The Morgan fingerprint density at radius 1 is 1.39 bits per heavy atom. The molecule has 1 saturated heterocycles. The number of amides is 1. The van der Waals surface area contributed by atoms with Gasteiger partial charge in [-0.05, 0) is 50.6 Å². The monoisotopic (exact) mass is 312 g/mol. The number of carbonyl (C=O) groups excluding carboxylic acids is 1. The van der Waals surface area contributed by atoms with Crippen molar-refractivity contribution in [1.82, 2.24) is 20.0 Å². The van der Waals surface area contributed by atoms with Crippen molar-refractivity contribution in [3.63, 3.8) is 0 Å². The van der Waals surface area contributed by atoms with E-state index < -0.39 is 0 Å². The molecule has 1 aromatic carbocycles. The van der Waals surface area contributed by atoms with Crippen LogP contribution in [0.3, 0.4) is 0 Å². The van der Waals surface area contributed by atoms with Crippen LogP contribution >= 0.6 is 0 Å². The zero-order chi connectivity index (χ0) is 16.4. The van der Waals surface area contributed by atoms with E-state index in [1.54, 1.807) is 0 Å². The number of aromatic nitrogens is 2. The highest BCUT2D eigenvalue weighted by atomic mass is 16.2. The second kappa shape index (κ2) is 6.54. The molecule has 1 amide bonds. The molecule has 1 unspecified atom stereocenters. The van der Waals surface area contributed by atoms with E-state index in [2.05, 4.69) is 23.4 Å². The lowest BCUT2D eigenvalue weighted by Crippen LogP contribution is -2.38. The highest BCUT2D eigenvalue weighted by molar-refractivity contribution is 5.94. The highest BCUT2D eigenvalue weighted by Gasteiger charge is 2.24. The molecule has 1 fully saturated rings. The van der Waals surface area contributed by atoms with E-state index in [4.69, 9.17) is 0 Å². The van der Waals surface area contributed by atoms with E-state index in [1.165, 1.54) is 0 Å². The summed E-state index contributed by atoms with van der Waals surface area (Å²) < 4.78 is 1.98. The molecule has 0 saturated carbocycles. The number of nitrogens with one attached hydrogen (secondary N) is 1. The zero-order valence-corrected chi connectivity index (χ0v) is 14.0. The predicted octanol–water partition coefficient (Wildman–Crippen LogP) is 1.98. The Labute approximate surface area is 137 Å². The van der Waals surface area contributed by atoms with E-state index in [0.717, 1.165) is 42.0 Å². The highest BCUT2D eigenvalue weighted by Crippen LogP contribution is 2.14. The molecule has 0 bridgehead atoms. The SMILES string of the molecule is Cc1cc(C)n(Cc2cccc(C(=O)N(C)C3CCNC3)c2)n1. The molecule has 0 spiro atoms. The van der Waals surface area contributed by atoms with Gasteiger partial charge in [0.2, 0.25) is 0 Å². The van der Waals surface area contributed by atoms with Crippen LogP contribution in [0.5, 0.6) is 0 Å². The summed E-state index contributed by atoms with van der Waals surface area (Å²) in [6, 6.07) is 10.2. The molecular weight excluding hydrogens is 288 g/mol. The molecule has 2 aromatic rings. The number of benzene rings is 1. The number of hydrogen-bond donors (Lipinski definition) is 1. The van der Waals surface area contributed by atoms with Crippen molar-refractivity contribution >= 4 is 5.91 Å². The maximum absolute atomic E-state index is 12.7. The number of carbonyl (C=O) groups is 1. The van der Waals surface area contributed by atoms with Crippen molar-refractivity contribution in [2.45, 2.75) is 32.9 Å². The van der Waals surface area contributed by atoms with E-state index >= 15 is 0 Å². The maximum Gasteiger partial charge on any atom is 0.253 e. The van der Waals surface area contributed by atoms with Gasteiger partial charge in [-0.2, -0.15) is 5.10 Å². The fourth-order valence-corrected chi connectivity index (χ4v) is 3.15. The van der Waals surface area contributed by atoms with Crippen LogP contribution in [0, 0.1) is 13.8 Å². The Balaban J connectivity index is 1.76. The first-order valence-electron chi connectivity index (χ1n) is 8.12. The number of nitrogens with zero attached hydrogens (tertiary/aromatic N) is 3. The lowest BCUT2D eigenvalue weighted by molar-refractivity contribution is 0.0743. The summed E-state index contributed by atoms with van der Waals surface area (Å²) in [7, 11) is 1.90. The lowest BCUT2D eigenvalue weighted by Gasteiger charge is -2.24. The Kier molecular flexibility index (Phi) is 4.48. The van der Waals surface area contributed by atoms with Crippen molar-refractivity contribution < 1.29 is 4.79 Å². The molecule has 1 aliphatic rings. The predicted molar refractivity (Wildman–Crippen MR) is 90.6 cm³/mol. The molecule has 23 heavy (non-hydrogen) atoms. The standard InChI is InChI=1S/C18H24N4O/c1-13-9-14(2)22(20-13)12-15-5-4-6-16(10-15)18(23)21(3)17-7-8-19-11-17/h4-6,9-10,17,19H,7-8,11-12H2,1-3H3. The van der Waals surface area contributed by atoms with Crippen molar-refractivity contribution in [2.75, 3.05) is 20.1 Å². The Morgan fingerprint density at radius 2 is 2.22 bits per heavy atom. The second-order valence-electron chi connectivity index (χ2n) is 6.35. The van der Waals surface area contributed by atoms with Gasteiger partial charge in [-0.1, -0.05) is 12.1 Å². The minimum Gasteiger partial charge on any atom is -0.337 e. The van der Waals surface area contributed by atoms with E-state index in [9.17, 15) is 4.79 Å². The average Bonchev–Trinajstić information content (AvgIpc) is 3.16. The lowest BCUT2D eigenvalue weighted by atomic mass is 10.1. The second-order valence-corrected chi connectivity index (χ2v) is 6.35. The molecule has 1 atom stereocenters. The number of aryl methyl sites for hydroxylation is 2. The van der Waals surface area contributed by atoms with Gasteiger partial charge in [0.1, 0.15) is 0 Å². The topological polar surface area (TPSA) is 50.2 Å². The summed E-state index contributed by atoms with van der Waals surface area (Å²) in [4.78, 5) is 14.5. The number of likely N-dealkylation sites (N-methyl/N-ethyl adjacent to an activating group) is 1.